The van der Waals surface area contributed by atoms with Crippen molar-refractivity contribution >= 4 is 17.0 Å². The fraction of sp³-hybridized carbons (Fsp3) is 0.259. The summed E-state index contributed by atoms with van der Waals surface area (Å²) in [5, 5.41) is 0. The molecule has 0 N–H and O–H groups in total. The Morgan fingerprint density at radius 2 is 1.58 bits per heavy atom. The number of carbonyl (C=O) groups excluding carboxylic acids is 1. The number of likely N-dealkylation sites (tertiary alicyclic amines) is 1. The molecule has 1 fully saturated rings. The lowest BCUT2D eigenvalue weighted by molar-refractivity contribution is 0.0701. The number of ether oxygens (including phenoxy) is 2. The summed E-state index contributed by atoms with van der Waals surface area (Å²) in [6.45, 7) is 2.09. The first-order valence-electron chi connectivity index (χ1n) is 11.3. The third kappa shape index (κ3) is 4.85. The molecule has 0 saturated carbocycles. The van der Waals surface area contributed by atoms with Gasteiger partial charge in [0.2, 0.25) is 0 Å². The molecule has 4 aromatic rings. The first-order valence-corrected chi connectivity index (χ1v) is 11.3. The summed E-state index contributed by atoms with van der Waals surface area (Å²) in [6.07, 6.45) is 1.65. The molecule has 0 aliphatic carbocycles. The summed E-state index contributed by atoms with van der Waals surface area (Å²) in [4.78, 5) is 19.8. The minimum Gasteiger partial charge on any atom is -0.490 e. The Balaban J connectivity index is 1.18. The average Bonchev–Trinajstić information content (AvgIpc) is 3.32. The molecule has 6 nitrogen and oxygen atoms in total. The fourth-order valence-corrected chi connectivity index (χ4v) is 4.16. The summed E-state index contributed by atoms with van der Waals surface area (Å²) >= 11 is 0. The molecule has 1 saturated heterocycles. The van der Waals surface area contributed by atoms with Gasteiger partial charge in [-0.1, -0.05) is 42.5 Å². The number of rotatable bonds is 7. The van der Waals surface area contributed by atoms with Gasteiger partial charge in [0.25, 0.3) is 5.91 Å². The van der Waals surface area contributed by atoms with E-state index in [9.17, 15) is 4.79 Å². The number of para-hydroxylation sites is 4. The van der Waals surface area contributed by atoms with Crippen molar-refractivity contribution in [3.8, 4) is 11.5 Å². The molecule has 0 unspecified atom stereocenters. The number of fused-ring (bicyclic) bond motifs is 1. The largest absolute Gasteiger partial charge is 0.490 e. The van der Waals surface area contributed by atoms with Crippen molar-refractivity contribution in [2.45, 2.75) is 18.8 Å². The molecule has 0 atom stereocenters. The zero-order valence-corrected chi connectivity index (χ0v) is 18.4. The lowest BCUT2D eigenvalue weighted by atomic mass is 9.96. The lowest BCUT2D eigenvalue weighted by Gasteiger charge is -2.31. The maximum Gasteiger partial charge on any atom is 0.257 e. The highest BCUT2D eigenvalue weighted by Crippen LogP contribution is 2.31. The maximum atomic E-state index is 13.2. The van der Waals surface area contributed by atoms with Crippen LogP contribution in [0.15, 0.2) is 83.3 Å². The van der Waals surface area contributed by atoms with Crippen molar-refractivity contribution in [1.29, 1.82) is 0 Å². The molecule has 2 heterocycles. The molecule has 0 spiro atoms. The Bertz CT molecular complexity index is 1180. The highest BCUT2D eigenvalue weighted by molar-refractivity contribution is 5.97. The molecule has 168 valence electrons. The number of aromatic nitrogens is 1. The van der Waals surface area contributed by atoms with Gasteiger partial charge in [0.15, 0.2) is 11.5 Å². The fourth-order valence-electron chi connectivity index (χ4n) is 4.16. The van der Waals surface area contributed by atoms with Gasteiger partial charge in [0.05, 0.1) is 5.56 Å². The van der Waals surface area contributed by atoms with Crippen LogP contribution >= 0.6 is 0 Å². The van der Waals surface area contributed by atoms with Crippen LogP contribution in [0, 0.1) is 0 Å². The zero-order valence-electron chi connectivity index (χ0n) is 18.4. The predicted octanol–water partition coefficient (Wildman–Crippen LogP) is 5.31. The van der Waals surface area contributed by atoms with Crippen LogP contribution in [0.5, 0.6) is 11.5 Å². The number of hydrogen-bond donors (Lipinski definition) is 0. The number of benzene rings is 3. The van der Waals surface area contributed by atoms with Crippen molar-refractivity contribution in [3.63, 3.8) is 0 Å². The molecule has 5 rings (SSSR count). The van der Waals surface area contributed by atoms with Gasteiger partial charge < -0.3 is 18.8 Å². The molecule has 1 amide bonds. The van der Waals surface area contributed by atoms with E-state index in [2.05, 4.69) is 4.98 Å². The summed E-state index contributed by atoms with van der Waals surface area (Å²) < 4.78 is 17.5. The molecule has 0 bridgehead atoms. The Kier molecular flexibility index (Phi) is 6.24. The maximum absolute atomic E-state index is 13.2. The van der Waals surface area contributed by atoms with Crippen molar-refractivity contribution in [2.24, 2.45) is 0 Å². The molecule has 0 radical (unpaired) electrons. The monoisotopic (exact) mass is 442 g/mol. The summed E-state index contributed by atoms with van der Waals surface area (Å²) in [7, 11) is 0. The molecule has 1 aliphatic heterocycles. The van der Waals surface area contributed by atoms with Crippen LogP contribution in [0.3, 0.4) is 0 Å². The average molecular weight is 443 g/mol. The Morgan fingerprint density at radius 3 is 2.39 bits per heavy atom. The van der Waals surface area contributed by atoms with Crippen LogP contribution < -0.4 is 9.47 Å². The lowest BCUT2D eigenvalue weighted by Crippen LogP contribution is -2.38. The van der Waals surface area contributed by atoms with Gasteiger partial charge in [-0.05, 0) is 49.2 Å². The van der Waals surface area contributed by atoms with Crippen LogP contribution in [0.4, 0.5) is 0 Å². The van der Waals surface area contributed by atoms with Gasteiger partial charge in [0, 0.05) is 19.0 Å². The van der Waals surface area contributed by atoms with Crippen LogP contribution in [0.2, 0.25) is 0 Å². The Labute approximate surface area is 192 Å². The van der Waals surface area contributed by atoms with Crippen molar-refractivity contribution < 1.29 is 18.7 Å². The molecule has 6 heteroatoms. The first kappa shape index (κ1) is 21.1. The number of piperidine rings is 1. The molecule has 1 aromatic heterocycles. The van der Waals surface area contributed by atoms with Crippen molar-refractivity contribution in [3.05, 3.63) is 90.3 Å². The highest BCUT2D eigenvalue weighted by atomic mass is 16.5. The third-order valence-corrected chi connectivity index (χ3v) is 5.91. The number of oxazole rings is 1. The topological polar surface area (TPSA) is 64.8 Å². The first-order chi connectivity index (χ1) is 16.3. The van der Waals surface area contributed by atoms with E-state index in [1.807, 2.05) is 83.8 Å². The number of hydrogen-bond acceptors (Lipinski definition) is 5. The van der Waals surface area contributed by atoms with E-state index in [4.69, 9.17) is 13.9 Å². The van der Waals surface area contributed by atoms with E-state index in [1.165, 1.54) is 0 Å². The summed E-state index contributed by atoms with van der Waals surface area (Å²) in [5.41, 5.74) is 2.28. The van der Waals surface area contributed by atoms with E-state index < -0.39 is 0 Å². The molecular formula is C27H26N2O4. The Morgan fingerprint density at radius 1 is 0.879 bits per heavy atom. The molecule has 3 aromatic carbocycles. The standard InChI is InChI=1S/C27H26N2O4/c30-27(22-10-4-6-12-24(22)32-19-18-31-21-8-2-1-3-9-21)29-16-14-20(15-17-29)26-28-23-11-5-7-13-25(23)33-26/h1-13,20H,14-19H2. The Hall–Kier alpha value is -3.80. The summed E-state index contributed by atoms with van der Waals surface area (Å²) in [6, 6.07) is 24.8. The van der Waals surface area contributed by atoms with E-state index in [1.54, 1.807) is 0 Å². The molecule has 1 aliphatic rings. The number of amides is 1. The van der Waals surface area contributed by atoms with Gasteiger partial charge in [-0.3, -0.25) is 4.79 Å². The van der Waals surface area contributed by atoms with E-state index in [0.29, 0.717) is 37.6 Å². The highest BCUT2D eigenvalue weighted by Gasteiger charge is 2.28. The summed E-state index contributed by atoms with van der Waals surface area (Å²) in [5.74, 6) is 2.37. The van der Waals surface area contributed by atoms with E-state index in [0.717, 1.165) is 35.6 Å². The van der Waals surface area contributed by atoms with E-state index >= 15 is 0 Å². The van der Waals surface area contributed by atoms with Gasteiger partial charge in [0.1, 0.15) is 30.2 Å². The van der Waals surface area contributed by atoms with Crippen LogP contribution in [0.1, 0.15) is 35.0 Å². The van der Waals surface area contributed by atoms with Crippen molar-refractivity contribution in [1.82, 2.24) is 9.88 Å². The second-order valence-electron chi connectivity index (χ2n) is 8.09. The van der Waals surface area contributed by atoms with Gasteiger partial charge in [-0.25, -0.2) is 4.98 Å². The molecule has 33 heavy (non-hydrogen) atoms. The predicted molar refractivity (Wildman–Crippen MR) is 126 cm³/mol. The van der Waals surface area contributed by atoms with Gasteiger partial charge >= 0.3 is 0 Å². The smallest absolute Gasteiger partial charge is 0.257 e. The van der Waals surface area contributed by atoms with Crippen LogP contribution in [-0.4, -0.2) is 42.1 Å². The third-order valence-electron chi connectivity index (χ3n) is 5.91. The van der Waals surface area contributed by atoms with Gasteiger partial charge in [-0.15, -0.1) is 0 Å². The molecular weight excluding hydrogens is 416 g/mol. The SMILES string of the molecule is O=C(c1ccccc1OCCOc1ccccc1)N1CCC(c2nc3ccccc3o2)CC1. The second kappa shape index (κ2) is 9.77. The van der Waals surface area contributed by atoms with Gasteiger partial charge in [-0.2, -0.15) is 0 Å². The van der Waals surface area contributed by atoms with Crippen molar-refractivity contribution in [2.75, 3.05) is 26.3 Å². The quantitative estimate of drug-likeness (QED) is 0.363. The normalized spacial score (nSPS) is 14.4. The number of carbonyl (C=O) groups is 1. The zero-order chi connectivity index (χ0) is 22.5. The van der Waals surface area contributed by atoms with E-state index in [-0.39, 0.29) is 11.8 Å². The van der Waals surface area contributed by atoms with Crippen LogP contribution in [-0.2, 0) is 0 Å². The second-order valence-corrected chi connectivity index (χ2v) is 8.09. The number of nitrogens with zero attached hydrogens (tertiary/aromatic N) is 2. The minimum absolute atomic E-state index is 0.00871. The van der Waals surface area contributed by atoms with Crippen LogP contribution in [0.25, 0.3) is 11.1 Å². The minimum atomic E-state index is -0.00871.